The van der Waals surface area contributed by atoms with Crippen molar-refractivity contribution in [3.8, 4) is 22.4 Å². The molecule has 1 atom stereocenters. The quantitative estimate of drug-likeness (QED) is 0.287. The number of nitrogens with two attached hydrogens (primary N) is 1. The fourth-order valence-corrected chi connectivity index (χ4v) is 4.89. The number of anilines is 1. The molecular weight excluding hydrogens is 480 g/mol. The second-order valence-corrected chi connectivity index (χ2v) is 9.31. The highest BCUT2D eigenvalue weighted by Crippen LogP contribution is 2.29. The molecule has 3 N–H and O–H groups in total. The van der Waals surface area contributed by atoms with Crippen LogP contribution in [0.25, 0.3) is 28.0 Å². The molecule has 3 heterocycles. The van der Waals surface area contributed by atoms with Crippen LogP contribution in [-0.2, 0) is 11.2 Å². The molecule has 0 spiro atoms. The summed E-state index contributed by atoms with van der Waals surface area (Å²) < 4.78 is 1.50. The lowest BCUT2D eigenvalue weighted by molar-refractivity contribution is -0.136. The highest BCUT2D eigenvalue weighted by atomic mass is 16.3. The predicted octanol–water partition coefficient (Wildman–Crippen LogP) is 4.19. The van der Waals surface area contributed by atoms with E-state index < -0.39 is 6.61 Å². The van der Waals surface area contributed by atoms with E-state index in [2.05, 4.69) is 10.1 Å². The first kappa shape index (κ1) is 26.9. The van der Waals surface area contributed by atoms with Gasteiger partial charge in [-0.15, -0.1) is 0 Å². The number of amides is 1. The fraction of sp³-hybridized carbons (Fsp3) is 0.345. The molecule has 9 heteroatoms. The SMILES string of the molecule is CCCN(C(=O)CO)[C@H](CC)CCc1nc2c(-c3ccc(-c4ccccc4)nc3)cnn2c(N)c1C(C)=O. The molecule has 0 saturated carbocycles. The molecule has 0 bridgehead atoms. The highest BCUT2D eigenvalue weighted by Gasteiger charge is 2.24. The number of aromatic nitrogens is 4. The molecule has 38 heavy (non-hydrogen) atoms. The van der Waals surface area contributed by atoms with Crippen LogP contribution >= 0.6 is 0 Å². The van der Waals surface area contributed by atoms with Crippen LogP contribution in [0.4, 0.5) is 5.82 Å². The maximum Gasteiger partial charge on any atom is 0.248 e. The van der Waals surface area contributed by atoms with Crippen LogP contribution in [0.2, 0.25) is 0 Å². The van der Waals surface area contributed by atoms with Gasteiger partial charge in [0.05, 0.1) is 23.1 Å². The zero-order chi connectivity index (χ0) is 27.2. The summed E-state index contributed by atoms with van der Waals surface area (Å²) >= 11 is 0. The van der Waals surface area contributed by atoms with E-state index in [0.717, 1.165) is 35.2 Å². The normalized spacial score (nSPS) is 12.0. The first-order valence-electron chi connectivity index (χ1n) is 13.0. The number of Topliss-reactive ketones (excluding diaryl/α,β-unsaturated/α-hetero) is 1. The van der Waals surface area contributed by atoms with Crippen LogP contribution in [0.15, 0.2) is 54.9 Å². The van der Waals surface area contributed by atoms with Gasteiger partial charge in [0.1, 0.15) is 12.4 Å². The van der Waals surface area contributed by atoms with E-state index in [1.54, 1.807) is 17.3 Å². The number of hydrogen-bond acceptors (Lipinski definition) is 7. The van der Waals surface area contributed by atoms with Gasteiger partial charge in [0.2, 0.25) is 5.91 Å². The van der Waals surface area contributed by atoms with Gasteiger partial charge in [0.25, 0.3) is 0 Å². The Labute approximate surface area is 222 Å². The summed E-state index contributed by atoms with van der Waals surface area (Å²) in [5.41, 5.74) is 11.4. The lowest BCUT2D eigenvalue weighted by Gasteiger charge is -2.30. The largest absolute Gasteiger partial charge is 0.387 e. The van der Waals surface area contributed by atoms with Crippen molar-refractivity contribution < 1.29 is 14.7 Å². The number of ketones is 1. The van der Waals surface area contributed by atoms with Crippen molar-refractivity contribution in [3.63, 3.8) is 0 Å². The van der Waals surface area contributed by atoms with E-state index >= 15 is 0 Å². The third-order valence-electron chi connectivity index (χ3n) is 6.80. The summed E-state index contributed by atoms with van der Waals surface area (Å²) in [4.78, 5) is 36.2. The summed E-state index contributed by atoms with van der Waals surface area (Å²) in [6.45, 7) is 5.51. The summed E-state index contributed by atoms with van der Waals surface area (Å²) in [5.74, 6) is -0.247. The van der Waals surface area contributed by atoms with E-state index in [1.807, 2.05) is 56.3 Å². The molecular formula is C29H34N6O3. The fourth-order valence-electron chi connectivity index (χ4n) is 4.89. The summed E-state index contributed by atoms with van der Waals surface area (Å²) in [6.07, 6.45) is 6.00. The Morgan fingerprint density at radius 2 is 1.84 bits per heavy atom. The van der Waals surface area contributed by atoms with Gasteiger partial charge in [-0.2, -0.15) is 9.61 Å². The van der Waals surface area contributed by atoms with Crippen molar-refractivity contribution in [2.45, 2.75) is 52.5 Å². The molecule has 4 aromatic rings. The molecule has 0 unspecified atom stereocenters. The number of aryl methyl sites for hydroxylation is 1. The van der Waals surface area contributed by atoms with Crippen LogP contribution < -0.4 is 5.73 Å². The van der Waals surface area contributed by atoms with Gasteiger partial charge < -0.3 is 15.7 Å². The van der Waals surface area contributed by atoms with Gasteiger partial charge in [0, 0.05) is 35.5 Å². The molecule has 9 nitrogen and oxygen atoms in total. The summed E-state index contributed by atoms with van der Waals surface area (Å²) in [7, 11) is 0. The van der Waals surface area contributed by atoms with Crippen LogP contribution in [-0.4, -0.2) is 60.5 Å². The average Bonchev–Trinajstić information content (AvgIpc) is 3.37. The number of carbonyl (C=O) groups excluding carboxylic acids is 2. The molecule has 0 saturated heterocycles. The van der Waals surface area contributed by atoms with Crippen molar-refractivity contribution >= 4 is 23.2 Å². The van der Waals surface area contributed by atoms with Gasteiger partial charge in [-0.1, -0.05) is 50.2 Å². The number of benzene rings is 1. The van der Waals surface area contributed by atoms with Crippen LogP contribution in [0.5, 0.6) is 0 Å². The Kier molecular flexibility index (Phi) is 8.48. The minimum absolute atomic E-state index is 0.0900. The lowest BCUT2D eigenvalue weighted by Crippen LogP contribution is -2.42. The Balaban J connectivity index is 1.70. The first-order valence-corrected chi connectivity index (χ1v) is 13.0. The molecule has 0 aliphatic rings. The van der Waals surface area contributed by atoms with Crippen LogP contribution in [0.1, 0.15) is 56.1 Å². The van der Waals surface area contributed by atoms with E-state index in [1.165, 1.54) is 11.4 Å². The van der Waals surface area contributed by atoms with Crippen molar-refractivity contribution in [3.05, 3.63) is 66.1 Å². The molecule has 3 aromatic heterocycles. The first-order chi connectivity index (χ1) is 18.4. The number of nitrogen functional groups attached to an aromatic ring is 1. The van der Waals surface area contributed by atoms with Gasteiger partial charge >= 0.3 is 0 Å². The smallest absolute Gasteiger partial charge is 0.248 e. The molecule has 198 valence electrons. The van der Waals surface area contributed by atoms with Gasteiger partial charge in [-0.3, -0.25) is 14.6 Å². The lowest BCUT2D eigenvalue weighted by atomic mass is 10.0. The van der Waals surface area contributed by atoms with Crippen molar-refractivity contribution in [1.82, 2.24) is 24.5 Å². The van der Waals surface area contributed by atoms with Crippen molar-refractivity contribution in [2.24, 2.45) is 0 Å². The standard InChI is InChI=1S/C29H34N6O3/c1-4-15-34(26(38)18-36)22(5-2)12-14-25-27(19(3)37)28(30)35-29(33-25)23(17-32-35)21-11-13-24(31-16-21)20-9-7-6-8-10-20/h6-11,13,16-17,22,36H,4-5,12,14-15,18,30H2,1-3H3/t22-/m1/s1. The zero-order valence-electron chi connectivity index (χ0n) is 22.1. The Morgan fingerprint density at radius 3 is 2.45 bits per heavy atom. The molecule has 0 aliphatic heterocycles. The maximum absolute atomic E-state index is 12.6. The minimum atomic E-state index is -0.525. The summed E-state index contributed by atoms with van der Waals surface area (Å²) in [6, 6.07) is 13.8. The third kappa shape index (κ3) is 5.43. The Morgan fingerprint density at radius 1 is 1.08 bits per heavy atom. The molecule has 1 amide bonds. The molecule has 0 aliphatic carbocycles. The highest BCUT2D eigenvalue weighted by molar-refractivity contribution is 6.00. The number of hydrogen-bond donors (Lipinski definition) is 2. The van der Waals surface area contributed by atoms with E-state index in [0.29, 0.717) is 36.3 Å². The molecule has 1 aromatic carbocycles. The second-order valence-electron chi connectivity index (χ2n) is 9.31. The molecule has 0 fully saturated rings. The summed E-state index contributed by atoms with van der Waals surface area (Å²) in [5, 5.41) is 13.9. The van der Waals surface area contributed by atoms with Crippen molar-refractivity contribution in [1.29, 1.82) is 0 Å². The second kappa shape index (κ2) is 12.0. The molecule has 0 radical (unpaired) electrons. The van der Waals surface area contributed by atoms with Gasteiger partial charge in [-0.25, -0.2) is 4.98 Å². The number of fused-ring (bicyclic) bond motifs is 1. The van der Waals surface area contributed by atoms with Crippen LogP contribution in [0, 0.1) is 0 Å². The number of pyridine rings is 1. The zero-order valence-corrected chi connectivity index (χ0v) is 22.1. The minimum Gasteiger partial charge on any atom is -0.387 e. The third-order valence-corrected chi connectivity index (χ3v) is 6.80. The van der Waals surface area contributed by atoms with Gasteiger partial charge in [0.15, 0.2) is 11.4 Å². The maximum atomic E-state index is 12.6. The Bertz CT molecular complexity index is 1420. The monoisotopic (exact) mass is 514 g/mol. The number of aliphatic hydroxyl groups excluding tert-OH is 1. The Hall–Kier alpha value is -4.11. The number of aliphatic hydroxyl groups is 1. The van der Waals surface area contributed by atoms with Crippen molar-refractivity contribution in [2.75, 3.05) is 18.9 Å². The van der Waals surface area contributed by atoms with Gasteiger partial charge in [-0.05, 0) is 38.7 Å². The predicted molar refractivity (Wildman–Crippen MR) is 148 cm³/mol. The number of rotatable bonds is 11. The molecule has 4 rings (SSSR count). The van der Waals surface area contributed by atoms with Crippen LogP contribution in [0.3, 0.4) is 0 Å². The van der Waals surface area contributed by atoms with E-state index in [4.69, 9.17) is 10.7 Å². The number of nitrogens with zero attached hydrogens (tertiary/aromatic N) is 5. The topological polar surface area (TPSA) is 127 Å². The average molecular weight is 515 g/mol. The van der Waals surface area contributed by atoms with E-state index in [-0.39, 0.29) is 23.6 Å². The van der Waals surface area contributed by atoms with E-state index in [9.17, 15) is 14.7 Å². The number of carbonyl (C=O) groups is 2.